The maximum Gasteiger partial charge on any atom is 0.453 e. The number of H-pyrrole nitrogens is 1. The van der Waals surface area contributed by atoms with Crippen molar-refractivity contribution in [3.8, 4) is 0 Å². The number of aromatic amines is 1. The molecule has 0 radical (unpaired) electrons. The molecule has 0 fully saturated rings. The molecule has 0 aliphatic rings. The minimum Gasteiger partial charge on any atom is -0.322 e. The second-order valence-electron chi connectivity index (χ2n) is 2.33. The van der Waals surface area contributed by atoms with Gasteiger partial charge in [0.15, 0.2) is 0 Å². The van der Waals surface area contributed by atoms with Crippen molar-refractivity contribution in [2.24, 2.45) is 5.73 Å². The number of aromatic nitrogens is 3. The summed E-state index contributed by atoms with van der Waals surface area (Å²) in [5.41, 5.74) is 5.27. The Morgan fingerprint density at radius 3 is 2.33 bits per heavy atom. The van der Waals surface area contributed by atoms with Crippen molar-refractivity contribution in [1.82, 2.24) is 15.2 Å². The Morgan fingerprint density at radius 1 is 1.50 bits per heavy atom. The fraction of sp³-hybridized carbons (Fsp3) is 0.600. The monoisotopic (exact) mass is 180 g/mol. The van der Waals surface area contributed by atoms with Crippen LogP contribution in [-0.2, 0) is 6.18 Å². The first-order valence-electron chi connectivity index (χ1n) is 3.16. The standard InChI is InChI=1S/C5H7F3N4/c1-2(9)3-10-4(12-11-3)5(6,7)8/h2H,9H2,1H3,(H,10,11,12)/t2-/m0/s1. The molecule has 0 aliphatic heterocycles. The molecule has 3 N–H and O–H groups in total. The van der Waals surface area contributed by atoms with Gasteiger partial charge in [0.05, 0.1) is 6.04 Å². The van der Waals surface area contributed by atoms with Crippen molar-refractivity contribution in [2.45, 2.75) is 19.1 Å². The van der Waals surface area contributed by atoms with Gasteiger partial charge in [0, 0.05) is 0 Å². The summed E-state index contributed by atoms with van der Waals surface area (Å²) in [5.74, 6) is -1.16. The van der Waals surface area contributed by atoms with Crippen LogP contribution in [0, 0.1) is 0 Å². The number of nitrogens with one attached hydrogen (secondary N) is 1. The first kappa shape index (κ1) is 8.98. The molecule has 0 saturated heterocycles. The van der Waals surface area contributed by atoms with Crippen molar-refractivity contribution in [3.05, 3.63) is 11.6 Å². The first-order valence-corrected chi connectivity index (χ1v) is 3.16. The van der Waals surface area contributed by atoms with Gasteiger partial charge in [-0.25, -0.2) is 4.98 Å². The van der Waals surface area contributed by atoms with Crippen LogP contribution in [0.1, 0.15) is 24.6 Å². The van der Waals surface area contributed by atoms with Crippen LogP contribution in [-0.4, -0.2) is 15.2 Å². The van der Waals surface area contributed by atoms with Crippen LogP contribution in [0.5, 0.6) is 0 Å². The van der Waals surface area contributed by atoms with Gasteiger partial charge in [-0.05, 0) is 6.92 Å². The topological polar surface area (TPSA) is 67.6 Å². The van der Waals surface area contributed by atoms with Crippen LogP contribution in [0.3, 0.4) is 0 Å². The fourth-order valence-electron chi connectivity index (χ4n) is 0.605. The molecule has 0 amide bonds. The lowest BCUT2D eigenvalue weighted by Crippen LogP contribution is -2.09. The zero-order chi connectivity index (χ0) is 9.35. The van der Waals surface area contributed by atoms with Gasteiger partial charge in [-0.2, -0.15) is 13.2 Å². The van der Waals surface area contributed by atoms with Crippen molar-refractivity contribution in [2.75, 3.05) is 0 Å². The Bertz CT molecular complexity index is 264. The molecule has 1 heterocycles. The molecule has 0 spiro atoms. The van der Waals surface area contributed by atoms with Gasteiger partial charge in [-0.1, -0.05) is 0 Å². The molecule has 0 unspecified atom stereocenters. The van der Waals surface area contributed by atoms with Gasteiger partial charge < -0.3 is 5.73 Å². The zero-order valence-electron chi connectivity index (χ0n) is 6.18. The minimum absolute atomic E-state index is 0.0299. The summed E-state index contributed by atoms with van der Waals surface area (Å²) in [6.07, 6.45) is -4.51. The molecule has 1 rings (SSSR count). The highest BCUT2D eigenvalue weighted by Crippen LogP contribution is 2.25. The van der Waals surface area contributed by atoms with Gasteiger partial charge >= 0.3 is 6.18 Å². The van der Waals surface area contributed by atoms with E-state index in [1.54, 1.807) is 0 Å². The van der Waals surface area contributed by atoms with Crippen LogP contribution < -0.4 is 5.73 Å². The van der Waals surface area contributed by atoms with Crippen LogP contribution in [0.2, 0.25) is 0 Å². The summed E-state index contributed by atoms with van der Waals surface area (Å²) in [5, 5.41) is 5.07. The zero-order valence-corrected chi connectivity index (χ0v) is 6.18. The maximum absolute atomic E-state index is 11.9. The van der Waals surface area contributed by atoms with E-state index in [4.69, 9.17) is 5.73 Å². The average molecular weight is 180 g/mol. The Morgan fingerprint density at radius 2 is 2.08 bits per heavy atom. The largest absolute Gasteiger partial charge is 0.453 e. The third-order valence-corrected chi connectivity index (χ3v) is 1.19. The summed E-state index contributed by atoms with van der Waals surface area (Å²) in [6.45, 7) is 1.51. The van der Waals surface area contributed by atoms with Crippen molar-refractivity contribution < 1.29 is 13.2 Å². The molecule has 68 valence electrons. The van der Waals surface area contributed by atoms with E-state index in [0.717, 1.165) is 0 Å². The van der Waals surface area contributed by atoms with E-state index in [1.165, 1.54) is 6.92 Å². The second-order valence-corrected chi connectivity index (χ2v) is 2.33. The Hall–Kier alpha value is -1.11. The summed E-state index contributed by atoms with van der Waals surface area (Å²) in [6, 6.07) is -0.575. The molecule has 0 aliphatic carbocycles. The number of hydrogen-bond donors (Lipinski definition) is 2. The third-order valence-electron chi connectivity index (χ3n) is 1.19. The smallest absolute Gasteiger partial charge is 0.322 e. The van der Waals surface area contributed by atoms with E-state index in [1.807, 2.05) is 0 Å². The molecule has 0 bridgehead atoms. The second kappa shape index (κ2) is 2.74. The number of rotatable bonds is 1. The highest BCUT2D eigenvalue weighted by Gasteiger charge is 2.36. The number of halogens is 3. The molecule has 1 aromatic heterocycles. The molecule has 1 atom stereocenters. The van der Waals surface area contributed by atoms with Crippen LogP contribution in [0.4, 0.5) is 13.2 Å². The van der Waals surface area contributed by atoms with E-state index >= 15 is 0 Å². The Kier molecular flexibility index (Phi) is 2.05. The van der Waals surface area contributed by atoms with E-state index in [9.17, 15) is 13.2 Å². The summed E-state index contributed by atoms with van der Waals surface area (Å²) in [7, 11) is 0. The van der Waals surface area contributed by atoms with Gasteiger partial charge in [0.1, 0.15) is 5.82 Å². The van der Waals surface area contributed by atoms with Crippen molar-refractivity contribution in [1.29, 1.82) is 0 Å². The molecular formula is C5H7F3N4. The third kappa shape index (κ3) is 1.73. The lowest BCUT2D eigenvalue weighted by Gasteiger charge is -1.98. The quantitative estimate of drug-likeness (QED) is 0.672. The molecular weight excluding hydrogens is 173 g/mol. The van der Waals surface area contributed by atoms with Gasteiger partial charge in [0.2, 0.25) is 0 Å². The lowest BCUT2D eigenvalue weighted by molar-refractivity contribution is -0.144. The van der Waals surface area contributed by atoms with E-state index in [2.05, 4.69) is 15.2 Å². The summed E-state index contributed by atoms with van der Waals surface area (Å²) >= 11 is 0. The first-order chi connectivity index (χ1) is 5.41. The van der Waals surface area contributed by atoms with Gasteiger partial charge in [-0.15, -0.1) is 5.10 Å². The van der Waals surface area contributed by atoms with Crippen LogP contribution in [0.25, 0.3) is 0 Å². The normalized spacial score (nSPS) is 14.8. The molecule has 1 aromatic rings. The summed E-state index contributed by atoms with van der Waals surface area (Å²) < 4.78 is 35.6. The number of nitrogens with two attached hydrogens (primary N) is 1. The maximum atomic E-state index is 11.9. The Balaban J connectivity index is 2.92. The molecule has 4 nitrogen and oxygen atoms in total. The minimum atomic E-state index is -4.51. The van der Waals surface area contributed by atoms with E-state index in [-0.39, 0.29) is 5.82 Å². The van der Waals surface area contributed by atoms with Crippen LogP contribution in [0.15, 0.2) is 0 Å². The van der Waals surface area contributed by atoms with E-state index < -0.39 is 18.0 Å². The highest BCUT2D eigenvalue weighted by atomic mass is 19.4. The highest BCUT2D eigenvalue weighted by molar-refractivity contribution is 4.97. The molecule has 0 aromatic carbocycles. The predicted octanol–water partition coefficient (Wildman–Crippen LogP) is 0.843. The SMILES string of the molecule is C[C@H](N)c1nc(C(F)(F)F)n[nH]1. The predicted molar refractivity (Wildman–Crippen MR) is 34.0 cm³/mol. The number of hydrogen-bond acceptors (Lipinski definition) is 3. The molecule has 12 heavy (non-hydrogen) atoms. The fourth-order valence-corrected chi connectivity index (χ4v) is 0.605. The molecule has 7 heteroatoms. The van der Waals surface area contributed by atoms with Gasteiger partial charge in [-0.3, -0.25) is 5.10 Å². The van der Waals surface area contributed by atoms with Crippen molar-refractivity contribution in [3.63, 3.8) is 0 Å². The Labute approximate surface area is 66.0 Å². The number of alkyl halides is 3. The van der Waals surface area contributed by atoms with Crippen molar-refractivity contribution >= 4 is 0 Å². The lowest BCUT2D eigenvalue weighted by atomic mass is 10.3. The van der Waals surface area contributed by atoms with Crippen LogP contribution >= 0.6 is 0 Å². The number of nitrogens with zero attached hydrogens (tertiary/aromatic N) is 2. The molecule has 0 saturated carbocycles. The van der Waals surface area contributed by atoms with E-state index in [0.29, 0.717) is 0 Å². The average Bonchev–Trinajstić information content (AvgIpc) is 2.30. The summed E-state index contributed by atoms with van der Waals surface area (Å²) in [4.78, 5) is 3.16. The van der Waals surface area contributed by atoms with Gasteiger partial charge in [0.25, 0.3) is 5.82 Å².